The number of carbonyl (C=O) groups is 3. The van der Waals surface area contributed by atoms with E-state index >= 15 is 0 Å². The zero-order chi connectivity index (χ0) is 26.5. The van der Waals surface area contributed by atoms with Crippen LogP contribution in [0.3, 0.4) is 0 Å². The van der Waals surface area contributed by atoms with E-state index in [0.717, 1.165) is 6.42 Å². The molecule has 4 aliphatic rings. The fourth-order valence-corrected chi connectivity index (χ4v) is 7.17. The number of ether oxygens (including phenoxy) is 2. The minimum Gasteiger partial charge on any atom is -0.461 e. The highest BCUT2D eigenvalue weighted by molar-refractivity contribution is 5.99. The van der Waals surface area contributed by atoms with Crippen molar-refractivity contribution in [2.75, 3.05) is 26.3 Å². The maximum atomic E-state index is 14.5. The number of cyclic esters (lactones) is 1. The van der Waals surface area contributed by atoms with Crippen LogP contribution < -0.4 is 0 Å². The molecule has 0 radical (unpaired) electrons. The molecule has 0 aromatic heterocycles. The Labute approximate surface area is 214 Å². The molecule has 5 atom stereocenters. The number of hydrogen-bond acceptors (Lipinski definition) is 6. The van der Waals surface area contributed by atoms with Gasteiger partial charge in [-0.2, -0.15) is 0 Å². The number of hydrogen-bond donors (Lipinski definition) is 1. The Balaban J connectivity index is 1.83. The van der Waals surface area contributed by atoms with Gasteiger partial charge in [0.15, 0.2) is 0 Å². The Morgan fingerprint density at radius 2 is 1.75 bits per heavy atom. The van der Waals surface area contributed by atoms with Gasteiger partial charge in [-0.05, 0) is 51.0 Å². The Bertz CT molecular complexity index is 966. The Morgan fingerprint density at radius 3 is 2.39 bits per heavy atom. The molecule has 8 nitrogen and oxygen atoms in total. The van der Waals surface area contributed by atoms with Crippen LogP contribution in [-0.4, -0.2) is 81.8 Å². The van der Waals surface area contributed by atoms with Crippen molar-refractivity contribution in [3.8, 4) is 0 Å². The van der Waals surface area contributed by atoms with Gasteiger partial charge < -0.3 is 24.4 Å². The average molecular weight is 503 g/mol. The number of aliphatic hydroxyl groups excluding tert-OH is 1. The summed E-state index contributed by atoms with van der Waals surface area (Å²) in [5.74, 6) is -2.54. The number of esters is 1. The molecule has 0 aromatic rings. The van der Waals surface area contributed by atoms with E-state index in [1.54, 1.807) is 11.0 Å². The van der Waals surface area contributed by atoms with Crippen molar-refractivity contribution in [1.82, 2.24) is 9.80 Å². The number of fused-ring (bicyclic) bond motifs is 2. The van der Waals surface area contributed by atoms with Crippen LogP contribution in [0.5, 0.6) is 0 Å². The molecular weight excluding hydrogens is 460 g/mol. The largest absolute Gasteiger partial charge is 0.461 e. The lowest BCUT2D eigenvalue weighted by Gasteiger charge is -2.45. The molecule has 1 unspecified atom stereocenters. The van der Waals surface area contributed by atoms with E-state index in [0.29, 0.717) is 32.4 Å². The topological polar surface area (TPSA) is 96.4 Å². The van der Waals surface area contributed by atoms with Crippen LogP contribution in [0.2, 0.25) is 0 Å². The van der Waals surface area contributed by atoms with Crippen molar-refractivity contribution < 1.29 is 29.0 Å². The quantitative estimate of drug-likeness (QED) is 0.327. The van der Waals surface area contributed by atoms with E-state index < -0.39 is 40.6 Å². The molecule has 0 aliphatic carbocycles. The number of nitrogens with zero attached hydrogens (tertiary/aromatic N) is 2. The summed E-state index contributed by atoms with van der Waals surface area (Å²) < 4.78 is 12.3. The zero-order valence-electron chi connectivity index (χ0n) is 22.6. The molecule has 8 heteroatoms. The van der Waals surface area contributed by atoms with Crippen molar-refractivity contribution in [3.05, 3.63) is 24.3 Å². The molecule has 200 valence electrons. The molecule has 0 saturated carbocycles. The van der Waals surface area contributed by atoms with Gasteiger partial charge in [0.2, 0.25) is 11.8 Å². The smallest absolute Gasteiger partial charge is 0.313 e. The zero-order valence-corrected chi connectivity index (χ0v) is 22.6. The molecule has 1 spiro atoms. The van der Waals surface area contributed by atoms with Gasteiger partial charge in [-0.25, -0.2) is 0 Å². The second-order valence-corrected chi connectivity index (χ2v) is 12.5. The van der Waals surface area contributed by atoms with Crippen molar-refractivity contribution in [1.29, 1.82) is 0 Å². The van der Waals surface area contributed by atoms with E-state index in [2.05, 4.69) is 34.6 Å². The standard InChI is InChI=1S/C28H42N2O6/c1-7-27-12-11-17-35-24(34)20(27)19-22(32)29(14-8-9-16-31)21-23(33)30(15-10-13-28(19,21)36-27)26(5,6)18-25(2,3)4/h10-13,19-21,31H,7-9,14-18H2,1-6H3/t19-,20+,21?,27-,28-/m0/s1. The van der Waals surface area contributed by atoms with Gasteiger partial charge in [-0.3, -0.25) is 14.4 Å². The van der Waals surface area contributed by atoms with Crippen molar-refractivity contribution in [3.63, 3.8) is 0 Å². The highest BCUT2D eigenvalue weighted by atomic mass is 16.6. The van der Waals surface area contributed by atoms with E-state index in [1.807, 2.05) is 30.1 Å². The molecule has 0 bridgehead atoms. The van der Waals surface area contributed by atoms with Gasteiger partial charge in [-0.15, -0.1) is 0 Å². The SMILES string of the molecule is CC[C@]12C=CCOC(=O)[C@H]1[C@H]1C(=O)N(CCCCO)C3C(=O)N(C(C)(C)CC(C)(C)C)CC=C[C@@]31O2. The van der Waals surface area contributed by atoms with Gasteiger partial charge >= 0.3 is 5.97 Å². The number of rotatable bonds is 7. The normalized spacial score (nSPS) is 34.3. The molecule has 4 aliphatic heterocycles. The molecule has 2 amide bonds. The first kappa shape index (κ1) is 26.9. The highest BCUT2D eigenvalue weighted by Crippen LogP contribution is 2.58. The monoisotopic (exact) mass is 502 g/mol. The summed E-state index contributed by atoms with van der Waals surface area (Å²) >= 11 is 0. The molecule has 2 fully saturated rings. The lowest BCUT2D eigenvalue weighted by Crippen LogP contribution is -2.60. The van der Waals surface area contributed by atoms with Gasteiger partial charge in [0, 0.05) is 25.2 Å². The summed E-state index contributed by atoms with van der Waals surface area (Å²) in [6.07, 6.45) is 9.78. The summed E-state index contributed by atoms with van der Waals surface area (Å²) in [5.41, 5.74) is -2.75. The lowest BCUT2D eigenvalue weighted by molar-refractivity contribution is -0.160. The molecular formula is C28H42N2O6. The molecule has 4 rings (SSSR count). The maximum Gasteiger partial charge on any atom is 0.313 e. The van der Waals surface area contributed by atoms with Crippen LogP contribution in [0.1, 0.15) is 67.2 Å². The van der Waals surface area contributed by atoms with E-state index in [9.17, 15) is 19.5 Å². The first-order valence-electron chi connectivity index (χ1n) is 13.3. The minimum absolute atomic E-state index is 0.00898. The van der Waals surface area contributed by atoms with E-state index in [1.165, 1.54) is 0 Å². The number of amides is 2. The summed E-state index contributed by atoms with van der Waals surface area (Å²) in [4.78, 5) is 45.3. The second kappa shape index (κ2) is 9.28. The summed E-state index contributed by atoms with van der Waals surface area (Å²) in [5, 5.41) is 9.36. The van der Waals surface area contributed by atoms with Crippen molar-refractivity contribution in [2.45, 2.75) is 90.0 Å². The third-order valence-corrected chi connectivity index (χ3v) is 8.20. The molecule has 1 N–H and O–H groups in total. The summed E-state index contributed by atoms with van der Waals surface area (Å²) in [6.45, 7) is 13.4. The number of unbranched alkanes of at least 4 members (excludes halogenated alkanes) is 1. The van der Waals surface area contributed by atoms with Crippen LogP contribution in [-0.2, 0) is 23.9 Å². The highest BCUT2D eigenvalue weighted by Gasteiger charge is 2.75. The van der Waals surface area contributed by atoms with Gasteiger partial charge in [0.1, 0.15) is 29.8 Å². The van der Waals surface area contributed by atoms with Crippen LogP contribution in [0.15, 0.2) is 24.3 Å². The fourth-order valence-electron chi connectivity index (χ4n) is 7.17. The van der Waals surface area contributed by atoms with Gasteiger partial charge in [0.05, 0.1) is 5.92 Å². The van der Waals surface area contributed by atoms with E-state index in [4.69, 9.17) is 9.47 Å². The molecule has 36 heavy (non-hydrogen) atoms. The Hall–Kier alpha value is -2.19. The number of carbonyl (C=O) groups excluding carboxylic acids is 3. The maximum absolute atomic E-state index is 14.5. The minimum atomic E-state index is -1.26. The predicted octanol–water partition coefficient (Wildman–Crippen LogP) is 2.85. The third kappa shape index (κ3) is 4.20. The Morgan fingerprint density at radius 1 is 1.03 bits per heavy atom. The van der Waals surface area contributed by atoms with Crippen LogP contribution >= 0.6 is 0 Å². The van der Waals surface area contributed by atoms with Gasteiger partial charge in [0.25, 0.3) is 0 Å². The average Bonchev–Trinajstić information content (AvgIpc) is 3.04. The fraction of sp³-hybridized carbons (Fsp3) is 0.750. The molecule has 2 saturated heterocycles. The molecule has 0 aromatic carbocycles. The third-order valence-electron chi connectivity index (χ3n) is 8.20. The Kier molecular flexibility index (Phi) is 6.92. The lowest BCUT2D eigenvalue weighted by atomic mass is 9.73. The van der Waals surface area contributed by atoms with Gasteiger partial charge in [-0.1, -0.05) is 45.9 Å². The first-order chi connectivity index (χ1) is 16.8. The van der Waals surface area contributed by atoms with Crippen molar-refractivity contribution >= 4 is 17.8 Å². The first-order valence-corrected chi connectivity index (χ1v) is 13.3. The number of likely N-dealkylation sites (tertiary alicyclic amines) is 1. The van der Waals surface area contributed by atoms with Crippen LogP contribution in [0, 0.1) is 17.3 Å². The summed E-state index contributed by atoms with van der Waals surface area (Å²) in [6, 6.07) is -0.886. The van der Waals surface area contributed by atoms with Crippen LogP contribution in [0.25, 0.3) is 0 Å². The second-order valence-electron chi connectivity index (χ2n) is 12.5. The predicted molar refractivity (Wildman–Crippen MR) is 135 cm³/mol. The van der Waals surface area contributed by atoms with E-state index in [-0.39, 0.29) is 30.4 Å². The van der Waals surface area contributed by atoms with Crippen molar-refractivity contribution in [2.24, 2.45) is 17.3 Å². The summed E-state index contributed by atoms with van der Waals surface area (Å²) in [7, 11) is 0. The van der Waals surface area contributed by atoms with Crippen LogP contribution in [0.4, 0.5) is 0 Å². The molecule has 4 heterocycles. The number of aliphatic hydroxyl groups is 1.